The van der Waals surface area contributed by atoms with Gasteiger partial charge in [0.2, 0.25) is 0 Å². The molecule has 0 bridgehead atoms. The number of nitrogens with one attached hydrogen (secondary N) is 1. The third-order valence-electron chi connectivity index (χ3n) is 4.37. The molecule has 0 amide bonds. The highest BCUT2D eigenvalue weighted by Gasteiger charge is 2.22. The van der Waals surface area contributed by atoms with Crippen molar-refractivity contribution in [1.29, 1.82) is 0 Å². The third kappa shape index (κ3) is 3.60. The van der Waals surface area contributed by atoms with Gasteiger partial charge in [-0.05, 0) is 36.8 Å². The van der Waals surface area contributed by atoms with Crippen LogP contribution in [0.1, 0.15) is 32.9 Å². The first-order valence-corrected chi connectivity index (χ1v) is 8.36. The molecule has 1 aliphatic rings. The molecule has 3 heterocycles. The molecule has 5 heteroatoms. The average Bonchev–Trinajstić information content (AvgIpc) is 2.53. The lowest BCUT2D eigenvalue weighted by atomic mass is 9.92. The van der Waals surface area contributed by atoms with Crippen molar-refractivity contribution in [2.24, 2.45) is 11.8 Å². The third-order valence-corrected chi connectivity index (χ3v) is 4.37. The lowest BCUT2D eigenvalue weighted by molar-refractivity contribution is 0.355. The number of hydrogen-bond acceptors (Lipinski definition) is 4. The minimum absolute atomic E-state index is 0.116. The van der Waals surface area contributed by atoms with Crippen LogP contribution in [0.2, 0.25) is 0 Å². The van der Waals surface area contributed by atoms with Crippen molar-refractivity contribution in [2.45, 2.75) is 33.6 Å². The monoisotopic (exact) mass is 312 g/mol. The number of aromatic nitrogens is 3. The summed E-state index contributed by atoms with van der Waals surface area (Å²) in [6.45, 7) is 8.68. The number of aromatic amines is 1. The molecule has 1 N–H and O–H groups in total. The minimum Gasteiger partial charge on any atom is -0.356 e. The molecule has 3 rings (SSSR count). The van der Waals surface area contributed by atoms with Crippen LogP contribution in [0.4, 0.5) is 5.82 Å². The molecule has 1 fully saturated rings. The number of piperidine rings is 1. The molecular weight excluding hydrogens is 288 g/mol. The van der Waals surface area contributed by atoms with Crippen LogP contribution >= 0.6 is 0 Å². The molecule has 2 aromatic heterocycles. The van der Waals surface area contributed by atoms with Gasteiger partial charge in [-0.3, -0.25) is 4.79 Å². The summed E-state index contributed by atoms with van der Waals surface area (Å²) in [5, 5.41) is 0. The highest BCUT2D eigenvalue weighted by Crippen LogP contribution is 2.25. The van der Waals surface area contributed by atoms with Gasteiger partial charge in [0, 0.05) is 36.6 Å². The van der Waals surface area contributed by atoms with Crippen molar-refractivity contribution in [3.8, 4) is 11.4 Å². The van der Waals surface area contributed by atoms with E-state index in [1.54, 1.807) is 12.3 Å². The Morgan fingerprint density at radius 1 is 1.26 bits per heavy atom. The Morgan fingerprint density at radius 2 is 2.00 bits per heavy atom. The van der Waals surface area contributed by atoms with Crippen molar-refractivity contribution in [3.63, 3.8) is 0 Å². The fraction of sp³-hybridized carbons (Fsp3) is 0.500. The van der Waals surface area contributed by atoms with Gasteiger partial charge < -0.3 is 9.88 Å². The zero-order valence-corrected chi connectivity index (χ0v) is 14.0. The number of pyridine rings is 1. The van der Waals surface area contributed by atoms with E-state index in [9.17, 15) is 4.79 Å². The standard InChI is InChI=1S/C18H24N4O/c1-4-15-8-17(23)21-18(20-15)14-5-6-16(19-9-14)22-10-12(2)7-13(3)11-22/h5-6,8-9,12-13H,4,7,10-11H2,1-3H3,(H,20,21,23)/t12-,13-/m0/s1. The maximum atomic E-state index is 11.7. The van der Waals surface area contributed by atoms with Gasteiger partial charge in [0.1, 0.15) is 11.6 Å². The van der Waals surface area contributed by atoms with E-state index in [1.807, 2.05) is 19.1 Å². The molecule has 0 spiro atoms. The van der Waals surface area contributed by atoms with E-state index >= 15 is 0 Å². The molecule has 2 aromatic rings. The Balaban J connectivity index is 1.85. The van der Waals surface area contributed by atoms with E-state index in [0.717, 1.165) is 36.6 Å². The van der Waals surface area contributed by atoms with Gasteiger partial charge >= 0.3 is 0 Å². The van der Waals surface area contributed by atoms with Crippen molar-refractivity contribution in [1.82, 2.24) is 15.0 Å². The van der Waals surface area contributed by atoms with Crippen LogP contribution in [0.15, 0.2) is 29.2 Å². The van der Waals surface area contributed by atoms with Crippen LogP contribution in [-0.4, -0.2) is 28.0 Å². The van der Waals surface area contributed by atoms with Crippen LogP contribution in [0, 0.1) is 11.8 Å². The summed E-state index contributed by atoms with van der Waals surface area (Å²) in [5.74, 6) is 2.98. The van der Waals surface area contributed by atoms with Crippen LogP contribution in [0.25, 0.3) is 11.4 Å². The Labute approximate surface area is 136 Å². The zero-order valence-electron chi connectivity index (χ0n) is 14.0. The summed E-state index contributed by atoms with van der Waals surface area (Å²) in [5.41, 5.74) is 1.53. The summed E-state index contributed by atoms with van der Waals surface area (Å²) >= 11 is 0. The maximum absolute atomic E-state index is 11.7. The smallest absolute Gasteiger partial charge is 0.251 e. The Bertz CT molecular complexity index is 713. The topological polar surface area (TPSA) is 61.9 Å². The van der Waals surface area contributed by atoms with Gasteiger partial charge in [-0.1, -0.05) is 20.8 Å². The predicted molar refractivity (Wildman–Crippen MR) is 92.6 cm³/mol. The first kappa shape index (κ1) is 15.7. The van der Waals surface area contributed by atoms with E-state index in [-0.39, 0.29) is 5.56 Å². The van der Waals surface area contributed by atoms with Gasteiger partial charge in [0.15, 0.2) is 0 Å². The molecule has 0 saturated carbocycles. The van der Waals surface area contributed by atoms with E-state index in [0.29, 0.717) is 17.7 Å². The molecule has 0 aliphatic carbocycles. The van der Waals surface area contributed by atoms with Crippen LogP contribution in [-0.2, 0) is 6.42 Å². The normalized spacial score (nSPS) is 21.4. The summed E-state index contributed by atoms with van der Waals surface area (Å²) < 4.78 is 0. The minimum atomic E-state index is -0.116. The lowest BCUT2D eigenvalue weighted by Crippen LogP contribution is -2.39. The molecule has 5 nitrogen and oxygen atoms in total. The molecule has 23 heavy (non-hydrogen) atoms. The van der Waals surface area contributed by atoms with Crippen molar-refractivity contribution in [2.75, 3.05) is 18.0 Å². The summed E-state index contributed by atoms with van der Waals surface area (Å²) in [6, 6.07) is 5.56. The van der Waals surface area contributed by atoms with Crippen molar-refractivity contribution in [3.05, 3.63) is 40.4 Å². The summed E-state index contributed by atoms with van der Waals surface area (Å²) in [6.07, 6.45) is 3.83. The molecule has 0 radical (unpaired) electrons. The SMILES string of the molecule is CCc1cc(=O)[nH]c(-c2ccc(N3C[C@@H](C)C[C@H](C)C3)nc2)n1. The van der Waals surface area contributed by atoms with E-state index < -0.39 is 0 Å². The van der Waals surface area contributed by atoms with Gasteiger partial charge in [-0.25, -0.2) is 9.97 Å². The largest absolute Gasteiger partial charge is 0.356 e. The fourth-order valence-electron chi connectivity index (χ4n) is 3.39. The van der Waals surface area contributed by atoms with Gasteiger partial charge in [0.25, 0.3) is 5.56 Å². The van der Waals surface area contributed by atoms with Crippen LogP contribution in [0.3, 0.4) is 0 Å². The molecule has 0 aromatic carbocycles. The van der Waals surface area contributed by atoms with E-state index in [1.165, 1.54) is 6.42 Å². The highest BCUT2D eigenvalue weighted by atomic mass is 16.1. The molecule has 122 valence electrons. The summed E-state index contributed by atoms with van der Waals surface area (Å²) in [4.78, 5) is 25.9. The first-order valence-electron chi connectivity index (χ1n) is 8.36. The number of rotatable bonds is 3. The van der Waals surface area contributed by atoms with Crippen LogP contribution < -0.4 is 10.5 Å². The Hall–Kier alpha value is -2.17. The van der Waals surface area contributed by atoms with Gasteiger partial charge in [0.05, 0.1) is 0 Å². The molecule has 0 unspecified atom stereocenters. The zero-order chi connectivity index (χ0) is 16.4. The van der Waals surface area contributed by atoms with Crippen LogP contribution in [0.5, 0.6) is 0 Å². The predicted octanol–water partition coefficient (Wildman–Crippen LogP) is 2.88. The number of H-pyrrole nitrogens is 1. The maximum Gasteiger partial charge on any atom is 0.251 e. The quantitative estimate of drug-likeness (QED) is 0.946. The number of aryl methyl sites for hydroxylation is 1. The highest BCUT2D eigenvalue weighted by molar-refractivity contribution is 5.56. The summed E-state index contributed by atoms with van der Waals surface area (Å²) in [7, 11) is 0. The Morgan fingerprint density at radius 3 is 2.61 bits per heavy atom. The van der Waals surface area contributed by atoms with Crippen molar-refractivity contribution >= 4 is 5.82 Å². The number of anilines is 1. The second-order valence-electron chi connectivity index (χ2n) is 6.69. The lowest BCUT2D eigenvalue weighted by Gasteiger charge is -2.35. The number of hydrogen-bond donors (Lipinski definition) is 1. The molecule has 1 aliphatic heterocycles. The second kappa shape index (κ2) is 6.52. The van der Waals surface area contributed by atoms with E-state index in [2.05, 4.69) is 33.7 Å². The van der Waals surface area contributed by atoms with Crippen molar-refractivity contribution < 1.29 is 0 Å². The molecule has 2 atom stereocenters. The van der Waals surface area contributed by atoms with E-state index in [4.69, 9.17) is 0 Å². The average molecular weight is 312 g/mol. The molecule has 1 saturated heterocycles. The first-order chi connectivity index (χ1) is 11.0. The second-order valence-corrected chi connectivity index (χ2v) is 6.69. The molecular formula is C18H24N4O. The van der Waals surface area contributed by atoms with Gasteiger partial charge in [-0.15, -0.1) is 0 Å². The Kier molecular flexibility index (Phi) is 4.46. The number of nitrogens with zero attached hydrogens (tertiary/aromatic N) is 3. The van der Waals surface area contributed by atoms with Gasteiger partial charge in [-0.2, -0.15) is 0 Å². The fourth-order valence-corrected chi connectivity index (χ4v) is 3.39.